The Hall–Kier alpha value is -0.123. The van der Waals surface area contributed by atoms with Crippen molar-refractivity contribution in [3.63, 3.8) is 0 Å². The van der Waals surface area contributed by atoms with Gasteiger partial charge >= 0.3 is 0 Å². The minimum Gasteiger partial charge on any atom is -0.336 e. The summed E-state index contributed by atoms with van der Waals surface area (Å²) in [5, 5.41) is 12.4. The van der Waals surface area contributed by atoms with E-state index < -0.39 is 8.40 Å². The maximum Gasteiger partial charge on any atom is 0.224 e. The first-order valence-electron chi connectivity index (χ1n) is 5.42. The van der Waals surface area contributed by atoms with Crippen molar-refractivity contribution < 1.29 is 0 Å². The van der Waals surface area contributed by atoms with Crippen molar-refractivity contribution in [2.45, 2.75) is 51.0 Å². The molecule has 0 aliphatic heterocycles. The van der Waals surface area contributed by atoms with Gasteiger partial charge in [-0.05, 0) is 12.0 Å². The molecular formula is C10H22N2Si. The molecule has 1 aliphatic rings. The molecule has 0 saturated heterocycles. The van der Waals surface area contributed by atoms with Crippen LogP contribution in [0.4, 0.5) is 0 Å². The van der Waals surface area contributed by atoms with Crippen LogP contribution in [0, 0.1) is 0 Å². The smallest absolute Gasteiger partial charge is 0.224 e. The first kappa shape index (κ1) is 11.0. The quantitative estimate of drug-likeness (QED) is 0.683. The summed E-state index contributed by atoms with van der Waals surface area (Å²) in [6.07, 6.45) is 9.73. The van der Waals surface area contributed by atoms with Crippen LogP contribution in [0.3, 0.4) is 0 Å². The van der Waals surface area contributed by atoms with Gasteiger partial charge in [0.05, 0.1) is 0 Å². The van der Waals surface area contributed by atoms with Crippen molar-refractivity contribution in [2.24, 2.45) is 10.8 Å². The van der Waals surface area contributed by atoms with Gasteiger partial charge in [0.25, 0.3) is 0 Å². The van der Waals surface area contributed by atoms with E-state index >= 15 is 0 Å². The van der Waals surface area contributed by atoms with Gasteiger partial charge in [0, 0.05) is 0 Å². The lowest BCUT2D eigenvalue weighted by atomic mass is 10.0. The molecule has 0 bridgehead atoms. The molecule has 0 atom stereocenters. The van der Waals surface area contributed by atoms with Crippen LogP contribution in [0.25, 0.3) is 0 Å². The number of hydrogen-bond acceptors (Lipinski definition) is 2. The zero-order valence-electron chi connectivity index (χ0n) is 8.63. The minimum atomic E-state index is -2.00. The molecule has 0 aromatic rings. The Morgan fingerprint density at radius 2 is 1.85 bits per heavy atom. The van der Waals surface area contributed by atoms with Crippen molar-refractivity contribution in [2.75, 3.05) is 0 Å². The molecule has 1 rings (SSSR count). The summed E-state index contributed by atoms with van der Waals surface area (Å²) < 4.78 is 0. The van der Waals surface area contributed by atoms with Crippen molar-refractivity contribution in [1.29, 1.82) is 0 Å². The molecule has 13 heavy (non-hydrogen) atoms. The maximum atomic E-state index is 6.21. The Morgan fingerprint density at radius 3 is 2.38 bits per heavy atom. The van der Waals surface area contributed by atoms with Gasteiger partial charge in [0.15, 0.2) is 0 Å². The third-order valence-electron chi connectivity index (χ3n) is 2.95. The molecule has 0 amide bonds. The lowest BCUT2D eigenvalue weighted by molar-refractivity contribution is 0.491. The van der Waals surface area contributed by atoms with Crippen LogP contribution in [0.2, 0.25) is 5.54 Å². The van der Waals surface area contributed by atoms with E-state index in [4.69, 9.17) is 10.8 Å². The third-order valence-corrected chi connectivity index (χ3v) is 5.76. The van der Waals surface area contributed by atoms with E-state index in [2.05, 4.69) is 18.7 Å². The molecule has 1 aliphatic carbocycles. The molecule has 0 radical (unpaired) electrons. The molecular weight excluding hydrogens is 176 g/mol. The summed E-state index contributed by atoms with van der Waals surface area (Å²) in [6.45, 7) is 2.13. The van der Waals surface area contributed by atoms with E-state index in [0.29, 0.717) is 5.54 Å². The second kappa shape index (κ2) is 4.93. The highest BCUT2D eigenvalue weighted by molar-refractivity contribution is 6.80. The van der Waals surface area contributed by atoms with E-state index in [0.717, 1.165) is 6.42 Å². The number of nitrogens with two attached hydrogens (primary N) is 2. The van der Waals surface area contributed by atoms with Crippen LogP contribution in [-0.2, 0) is 0 Å². The molecule has 3 heteroatoms. The summed E-state index contributed by atoms with van der Waals surface area (Å²) in [7, 11) is -2.00. The molecule has 1 saturated carbocycles. The topological polar surface area (TPSA) is 52.0 Å². The zero-order chi connectivity index (χ0) is 9.73. The standard InChI is InChI=1S/C10H22N2Si/c1-2-3-9-13(11,12)10-7-5-4-6-8-10/h3,9-10H,2,4-8,11-12H2,1H3. The van der Waals surface area contributed by atoms with Gasteiger partial charge in [-0.3, -0.25) is 0 Å². The normalized spacial score (nSPS) is 21.2. The first-order chi connectivity index (χ1) is 6.17. The summed E-state index contributed by atoms with van der Waals surface area (Å²) in [4.78, 5) is 0. The number of allylic oxidation sites excluding steroid dienone is 1. The van der Waals surface area contributed by atoms with E-state index in [1.807, 2.05) is 0 Å². The predicted octanol–water partition coefficient (Wildman–Crippen LogP) is 2.19. The summed E-state index contributed by atoms with van der Waals surface area (Å²) in [5.41, 5.74) is 2.76. The van der Waals surface area contributed by atoms with Crippen molar-refractivity contribution >= 4 is 8.40 Å². The third kappa shape index (κ3) is 3.25. The van der Waals surface area contributed by atoms with Crippen LogP contribution in [-0.4, -0.2) is 8.40 Å². The fourth-order valence-electron chi connectivity index (χ4n) is 2.06. The van der Waals surface area contributed by atoms with Gasteiger partial charge in [-0.15, -0.1) is 0 Å². The number of rotatable bonds is 3. The van der Waals surface area contributed by atoms with Crippen LogP contribution >= 0.6 is 0 Å². The highest BCUT2D eigenvalue weighted by Gasteiger charge is 2.32. The van der Waals surface area contributed by atoms with Crippen molar-refractivity contribution in [3.8, 4) is 0 Å². The minimum absolute atomic E-state index is 0.629. The predicted molar refractivity (Wildman–Crippen MR) is 60.4 cm³/mol. The second-order valence-corrected chi connectivity index (χ2v) is 7.30. The van der Waals surface area contributed by atoms with E-state index in [1.165, 1.54) is 32.1 Å². The SMILES string of the molecule is CCC=C[Si](N)(N)C1CCCCC1. The van der Waals surface area contributed by atoms with Gasteiger partial charge in [0.2, 0.25) is 8.40 Å². The van der Waals surface area contributed by atoms with Gasteiger partial charge in [0.1, 0.15) is 0 Å². The van der Waals surface area contributed by atoms with Crippen LogP contribution in [0.1, 0.15) is 45.4 Å². The van der Waals surface area contributed by atoms with Gasteiger partial charge in [-0.2, -0.15) is 0 Å². The molecule has 0 aromatic heterocycles. The fraction of sp³-hybridized carbons (Fsp3) is 0.800. The molecule has 0 unspecified atom stereocenters. The molecule has 76 valence electrons. The summed E-state index contributed by atoms with van der Waals surface area (Å²) in [6, 6.07) is 0. The Balaban J connectivity index is 2.50. The van der Waals surface area contributed by atoms with Gasteiger partial charge in [-0.1, -0.05) is 50.8 Å². The van der Waals surface area contributed by atoms with Crippen LogP contribution in [0.5, 0.6) is 0 Å². The average molecular weight is 198 g/mol. The largest absolute Gasteiger partial charge is 0.336 e. The average Bonchev–Trinajstić information content (AvgIpc) is 2.16. The summed E-state index contributed by atoms with van der Waals surface area (Å²) in [5.74, 6) is 0. The van der Waals surface area contributed by atoms with E-state index in [1.54, 1.807) is 0 Å². The molecule has 0 aromatic carbocycles. The zero-order valence-corrected chi connectivity index (χ0v) is 9.63. The van der Waals surface area contributed by atoms with Crippen LogP contribution < -0.4 is 10.8 Å². The molecule has 1 fully saturated rings. The lowest BCUT2D eigenvalue weighted by Crippen LogP contribution is -2.58. The Bertz CT molecular complexity index is 172. The molecule has 2 nitrogen and oxygen atoms in total. The summed E-state index contributed by atoms with van der Waals surface area (Å²) >= 11 is 0. The maximum absolute atomic E-state index is 6.21. The fourth-order valence-corrected chi connectivity index (χ4v) is 4.39. The van der Waals surface area contributed by atoms with Crippen molar-refractivity contribution in [1.82, 2.24) is 0 Å². The highest BCUT2D eigenvalue weighted by atomic mass is 28.3. The Labute approximate surface area is 82.5 Å². The Morgan fingerprint density at radius 1 is 1.23 bits per heavy atom. The highest BCUT2D eigenvalue weighted by Crippen LogP contribution is 2.32. The monoisotopic (exact) mass is 198 g/mol. The van der Waals surface area contributed by atoms with E-state index in [-0.39, 0.29) is 0 Å². The van der Waals surface area contributed by atoms with Crippen molar-refractivity contribution in [3.05, 3.63) is 11.8 Å². The van der Waals surface area contributed by atoms with E-state index in [9.17, 15) is 0 Å². The van der Waals surface area contributed by atoms with Crippen LogP contribution in [0.15, 0.2) is 11.8 Å². The molecule has 0 heterocycles. The lowest BCUT2D eigenvalue weighted by Gasteiger charge is -2.31. The van der Waals surface area contributed by atoms with Gasteiger partial charge in [-0.25, -0.2) is 0 Å². The van der Waals surface area contributed by atoms with Gasteiger partial charge < -0.3 is 10.8 Å². The number of hydrogen-bond donors (Lipinski definition) is 2. The Kier molecular flexibility index (Phi) is 4.16. The molecule has 4 N–H and O–H groups in total. The second-order valence-electron chi connectivity index (χ2n) is 4.15. The molecule has 0 spiro atoms. The first-order valence-corrected chi connectivity index (χ1v) is 7.73.